The van der Waals surface area contributed by atoms with E-state index in [2.05, 4.69) is 10.9 Å². The number of ether oxygens (including phenoxy) is 2. The Kier molecular flexibility index (Phi) is 2.20. The van der Waals surface area contributed by atoms with Gasteiger partial charge < -0.3 is 9.47 Å². The summed E-state index contributed by atoms with van der Waals surface area (Å²) in [7, 11) is 0. The lowest BCUT2D eigenvalue weighted by atomic mass is 10.1. The molecule has 0 amide bonds. The smallest absolute Gasteiger partial charge is 0.231 e. The molecule has 0 spiro atoms. The number of pyridine rings is 1. The first-order valence-electron chi connectivity index (χ1n) is 5.18. The Balaban J connectivity index is 2.07. The predicted octanol–water partition coefficient (Wildman–Crippen LogP) is 2.46. The third kappa shape index (κ3) is 1.70. The van der Waals surface area contributed by atoms with Gasteiger partial charge in [-0.3, -0.25) is 4.98 Å². The Hall–Kier alpha value is -2.47. The van der Waals surface area contributed by atoms with Gasteiger partial charge in [-0.05, 0) is 23.8 Å². The molecule has 2 aromatic rings. The number of rotatable bonds is 1. The summed E-state index contributed by atoms with van der Waals surface area (Å²) in [4.78, 5) is 4.11. The number of benzene rings is 1. The number of nitrogens with zero attached hydrogens (tertiary/aromatic N) is 1. The van der Waals surface area contributed by atoms with Crippen LogP contribution < -0.4 is 9.47 Å². The highest BCUT2D eigenvalue weighted by Gasteiger charge is 2.13. The van der Waals surface area contributed by atoms with E-state index in [0.717, 1.165) is 28.2 Å². The van der Waals surface area contributed by atoms with Gasteiger partial charge in [0.15, 0.2) is 11.5 Å². The van der Waals surface area contributed by atoms with Crippen molar-refractivity contribution in [3.63, 3.8) is 0 Å². The molecule has 0 aliphatic carbocycles. The van der Waals surface area contributed by atoms with Crippen molar-refractivity contribution >= 4 is 0 Å². The summed E-state index contributed by atoms with van der Waals surface area (Å²) in [6.45, 7) is 0.279. The maximum absolute atomic E-state index is 5.35. The van der Waals surface area contributed by atoms with E-state index in [1.165, 1.54) is 0 Å². The molecule has 3 nitrogen and oxygen atoms in total. The average Bonchev–Trinajstić information content (AvgIpc) is 2.86. The van der Waals surface area contributed by atoms with Gasteiger partial charge in [-0.1, -0.05) is 12.0 Å². The van der Waals surface area contributed by atoms with Crippen LogP contribution in [0.3, 0.4) is 0 Å². The molecule has 1 aromatic carbocycles. The Morgan fingerprint density at radius 3 is 2.82 bits per heavy atom. The lowest BCUT2D eigenvalue weighted by Gasteiger charge is -2.03. The summed E-state index contributed by atoms with van der Waals surface area (Å²) in [5, 5.41) is 0. The van der Waals surface area contributed by atoms with Crippen LogP contribution in [0.1, 0.15) is 5.56 Å². The summed E-state index contributed by atoms with van der Waals surface area (Å²) in [6.07, 6.45) is 8.79. The van der Waals surface area contributed by atoms with Gasteiger partial charge >= 0.3 is 0 Å². The minimum atomic E-state index is 0.279. The molecule has 0 N–H and O–H groups in total. The number of hydrogen-bond acceptors (Lipinski definition) is 3. The van der Waals surface area contributed by atoms with Gasteiger partial charge in [-0.15, -0.1) is 6.42 Å². The van der Waals surface area contributed by atoms with Crippen LogP contribution in [0.2, 0.25) is 0 Å². The van der Waals surface area contributed by atoms with E-state index in [4.69, 9.17) is 15.9 Å². The second-order valence-electron chi connectivity index (χ2n) is 3.67. The van der Waals surface area contributed by atoms with Gasteiger partial charge in [0.25, 0.3) is 0 Å². The van der Waals surface area contributed by atoms with Gasteiger partial charge in [-0.25, -0.2) is 0 Å². The van der Waals surface area contributed by atoms with Crippen LogP contribution in [0, 0.1) is 12.3 Å². The van der Waals surface area contributed by atoms with Crippen molar-refractivity contribution in [2.45, 2.75) is 0 Å². The SMILES string of the molecule is C#Cc1cncc(-c2ccc3c(c2)OCO3)c1. The zero-order valence-corrected chi connectivity index (χ0v) is 9.01. The molecule has 1 aromatic heterocycles. The fraction of sp³-hybridized carbons (Fsp3) is 0.0714. The molecule has 0 radical (unpaired) electrons. The maximum Gasteiger partial charge on any atom is 0.231 e. The van der Waals surface area contributed by atoms with Crippen molar-refractivity contribution in [2.75, 3.05) is 6.79 Å². The molecule has 2 heterocycles. The third-order valence-corrected chi connectivity index (χ3v) is 2.61. The van der Waals surface area contributed by atoms with Crippen molar-refractivity contribution in [1.29, 1.82) is 0 Å². The van der Waals surface area contributed by atoms with E-state index in [9.17, 15) is 0 Å². The van der Waals surface area contributed by atoms with Crippen molar-refractivity contribution in [2.24, 2.45) is 0 Å². The van der Waals surface area contributed by atoms with E-state index in [1.54, 1.807) is 12.4 Å². The van der Waals surface area contributed by atoms with E-state index in [0.29, 0.717) is 0 Å². The zero-order chi connectivity index (χ0) is 11.7. The van der Waals surface area contributed by atoms with Gasteiger partial charge in [-0.2, -0.15) is 0 Å². The minimum absolute atomic E-state index is 0.279. The Bertz CT molecular complexity index is 614. The van der Waals surface area contributed by atoms with Crippen LogP contribution in [0.15, 0.2) is 36.7 Å². The lowest BCUT2D eigenvalue weighted by molar-refractivity contribution is 0.174. The highest BCUT2D eigenvalue weighted by atomic mass is 16.7. The van der Waals surface area contributed by atoms with Crippen molar-refractivity contribution < 1.29 is 9.47 Å². The molecule has 82 valence electrons. The van der Waals surface area contributed by atoms with Gasteiger partial charge in [0.05, 0.1) is 0 Å². The fourth-order valence-electron chi connectivity index (χ4n) is 1.75. The molecule has 0 saturated carbocycles. The Morgan fingerprint density at radius 2 is 1.94 bits per heavy atom. The molecule has 1 aliphatic rings. The second-order valence-corrected chi connectivity index (χ2v) is 3.67. The molecule has 0 bridgehead atoms. The van der Waals surface area contributed by atoms with E-state index in [-0.39, 0.29) is 6.79 Å². The first-order chi connectivity index (χ1) is 8.36. The molecule has 3 heteroatoms. The van der Waals surface area contributed by atoms with Crippen LogP contribution in [0.5, 0.6) is 11.5 Å². The summed E-state index contributed by atoms with van der Waals surface area (Å²) < 4.78 is 10.6. The first-order valence-corrected chi connectivity index (χ1v) is 5.18. The van der Waals surface area contributed by atoms with E-state index < -0.39 is 0 Å². The monoisotopic (exact) mass is 223 g/mol. The fourth-order valence-corrected chi connectivity index (χ4v) is 1.75. The molecule has 3 rings (SSSR count). The molecular weight excluding hydrogens is 214 g/mol. The quantitative estimate of drug-likeness (QED) is 0.696. The molecule has 0 unspecified atom stereocenters. The summed E-state index contributed by atoms with van der Waals surface area (Å²) in [5.74, 6) is 4.10. The zero-order valence-electron chi connectivity index (χ0n) is 9.01. The highest BCUT2D eigenvalue weighted by molar-refractivity contribution is 5.68. The van der Waals surface area contributed by atoms with E-state index >= 15 is 0 Å². The topological polar surface area (TPSA) is 31.4 Å². The maximum atomic E-state index is 5.35. The largest absolute Gasteiger partial charge is 0.454 e. The van der Waals surface area contributed by atoms with Crippen molar-refractivity contribution in [3.05, 3.63) is 42.2 Å². The predicted molar refractivity (Wildman–Crippen MR) is 63.7 cm³/mol. The van der Waals surface area contributed by atoms with Crippen LogP contribution in [-0.2, 0) is 0 Å². The van der Waals surface area contributed by atoms with Crippen LogP contribution in [-0.4, -0.2) is 11.8 Å². The first kappa shape index (κ1) is 9.73. The molecule has 17 heavy (non-hydrogen) atoms. The number of fused-ring (bicyclic) bond motifs is 1. The Morgan fingerprint density at radius 1 is 1.06 bits per heavy atom. The van der Waals surface area contributed by atoms with Gasteiger partial charge in [0.2, 0.25) is 6.79 Å². The minimum Gasteiger partial charge on any atom is -0.454 e. The molecule has 1 aliphatic heterocycles. The highest BCUT2D eigenvalue weighted by Crippen LogP contribution is 2.35. The standard InChI is InChI=1S/C14H9NO2/c1-2-10-5-12(8-15-7-10)11-3-4-13-14(6-11)17-9-16-13/h1,3-8H,9H2. The summed E-state index contributed by atoms with van der Waals surface area (Å²) in [5.41, 5.74) is 2.75. The Labute approximate surface area is 99.0 Å². The second kappa shape index (κ2) is 3.84. The van der Waals surface area contributed by atoms with Crippen LogP contribution >= 0.6 is 0 Å². The average molecular weight is 223 g/mol. The number of hydrogen-bond donors (Lipinski definition) is 0. The normalized spacial score (nSPS) is 12.2. The third-order valence-electron chi connectivity index (χ3n) is 2.61. The van der Waals surface area contributed by atoms with Crippen LogP contribution in [0.25, 0.3) is 11.1 Å². The molecular formula is C14H9NO2. The lowest BCUT2D eigenvalue weighted by Crippen LogP contribution is -1.92. The molecule has 0 fully saturated rings. The van der Waals surface area contributed by atoms with Crippen molar-refractivity contribution in [3.8, 4) is 35.0 Å². The summed E-state index contributed by atoms with van der Waals surface area (Å²) in [6, 6.07) is 7.70. The van der Waals surface area contributed by atoms with E-state index in [1.807, 2.05) is 24.3 Å². The van der Waals surface area contributed by atoms with Gasteiger partial charge in [0.1, 0.15) is 0 Å². The van der Waals surface area contributed by atoms with Crippen molar-refractivity contribution in [1.82, 2.24) is 4.98 Å². The number of aromatic nitrogens is 1. The molecule has 0 atom stereocenters. The molecule has 0 saturated heterocycles. The van der Waals surface area contributed by atoms with Gasteiger partial charge in [0, 0.05) is 23.5 Å². The van der Waals surface area contributed by atoms with Crippen LogP contribution in [0.4, 0.5) is 0 Å². The summed E-state index contributed by atoms with van der Waals surface area (Å²) >= 11 is 0. The number of terminal acetylenes is 1.